The average molecular weight is 380 g/mol. The van der Waals surface area contributed by atoms with Crippen molar-refractivity contribution >= 4 is 7.82 Å². The summed E-state index contributed by atoms with van der Waals surface area (Å²) in [5.74, 6) is 1.48. The summed E-state index contributed by atoms with van der Waals surface area (Å²) in [5, 5.41) is 0. The molecule has 138 valence electrons. The van der Waals surface area contributed by atoms with Gasteiger partial charge >= 0.3 is 7.82 Å². The highest BCUT2D eigenvalue weighted by Crippen LogP contribution is 2.53. The van der Waals surface area contributed by atoms with Crippen LogP contribution < -0.4 is 13.6 Å². The molecule has 0 aliphatic carbocycles. The van der Waals surface area contributed by atoms with Crippen molar-refractivity contribution in [2.45, 2.75) is 27.2 Å². The van der Waals surface area contributed by atoms with E-state index in [0.717, 1.165) is 27.8 Å². The van der Waals surface area contributed by atoms with Crippen molar-refractivity contribution in [1.82, 2.24) is 0 Å². The van der Waals surface area contributed by atoms with Crippen molar-refractivity contribution in [3.05, 3.63) is 88.5 Å². The van der Waals surface area contributed by atoms with Crippen LogP contribution in [0.25, 0.3) is 0 Å². The second-order valence-corrected chi connectivity index (χ2v) is 8.38. The van der Waals surface area contributed by atoms with Gasteiger partial charge in [-0.3, -0.25) is 0 Å². The maximum atomic E-state index is 13.5. The number of aryl methyl sites for hydroxylation is 3. The first-order valence-electron chi connectivity index (χ1n) is 8.85. The SMILES string of the molecule is Cc1cccc(OP2(=O)Oc3ccc(C)cc3Cc3cc(C)ccc3O2)c1. The molecule has 0 spiro atoms. The molecule has 0 radical (unpaired) electrons. The van der Waals surface area contributed by atoms with E-state index in [1.54, 1.807) is 12.1 Å². The van der Waals surface area contributed by atoms with Gasteiger partial charge in [0.15, 0.2) is 0 Å². The van der Waals surface area contributed by atoms with Gasteiger partial charge in [-0.2, -0.15) is 4.57 Å². The quantitative estimate of drug-likeness (QED) is 0.500. The fourth-order valence-electron chi connectivity index (χ4n) is 3.17. The summed E-state index contributed by atoms with van der Waals surface area (Å²) in [7, 11) is -3.92. The average Bonchev–Trinajstić information content (AvgIpc) is 2.59. The zero-order valence-corrected chi connectivity index (χ0v) is 16.5. The van der Waals surface area contributed by atoms with Gasteiger partial charge in [0.05, 0.1) is 0 Å². The smallest absolute Gasteiger partial charge is 0.386 e. The van der Waals surface area contributed by atoms with Gasteiger partial charge in [-0.05, 0) is 61.7 Å². The van der Waals surface area contributed by atoms with E-state index in [2.05, 4.69) is 0 Å². The Hall–Kier alpha value is -2.71. The van der Waals surface area contributed by atoms with Crippen molar-refractivity contribution in [3.63, 3.8) is 0 Å². The number of hydrogen-bond acceptors (Lipinski definition) is 4. The molecule has 0 fully saturated rings. The van der Waals surface area contributed by atoms with E-state index in [1.165, 1.54) is 0 Å². The standard InChI is InChI=1S/C22H21O4P/c1-15-5-4-6-20(13-15)24-27(23)25-21-9-7-16(2)11-18(21)14-19-12-17(3)8-10-22(19)26-27/h4-13H,14H2,1-3H3. The number of fused-ring (bicyclic) bond motifs is 2. The zero-order chi connectivity index (χ0) is 19.0. The first kappa shape index (κ1) is 17.7. The molecule has 0 saturated heterocycles. The zero-order valence-electron chi connectivity index (χ0n) is 15.6. The lowest BCUT2D eigenvalue weighted by atomic mass is 10.00. The molecular formula is C22H21O4P. The normalized spacial score (nSPS) is 14.6. The Morgan fingerprint density at radius 2 is 1.33 bits per heavy atom. The Labute approximate surface area is 159 Å². The van der Waals surface area contributed by atoms with E-state index in [9.17, 15) is 4.57 Å². The molecule has 27 heavy (non-hydrogen) atoms. The Morgan fingerprint density at radius 3 is 1.89 bits per heavy atom. The monoisotopic (exact) mass is 380 g/mol. The number of phosphoric ester groups is 1. The summed E-state index contributed by atoms with van der Waals surface area (Å²) in [6.07, 6.45) is 0.637. The molecule has 0 aromatic heterocycles. The first-order chi connectivity index (χ1) is 12.9. The molecule has 1 aliphatic rings. The second kappa shape index (κ2) is 6.79. The fraction of sp³-hybridized carbons (Fsp3) is 0.182. The van der Waals surface area contributed by atoms with Crippen LogP contribution in [0.15, 0.2) is 60.7 Å². The van der Waals surface area contributed by atoms with E-state index in [1.807, 2.05) is 69.3 Å². The lowest BCUT2D eigenvalue weighted by Gasteiger charge is -2.25. The summed E-state index contributed by atoms with van der Waals surface area (Å²) in [4.78, 5) is 0. The fourth-order valence-corrected chi connectivity index (χ4v) is 4.50. The van der Waals surface area contributed by atoms with Crippen LogP contribution in [0, 0.1) is 20.8 Å². The van der Waals surface area contributed by atoms with Crippen LogP contribution in [0.4, 0.5) is 0 Å². The molecule has 0 unspecified atom stereocenters. The Balaban J connectivity index is 1.81. The van der Waals surface area contributed by atoms with Gasteiger partial charge in [0.25, 0.3) is 0 Å². The molecule has 0 saturated carbocycles. The third kappa shape index (κ3) is 3.86. The van der Waals surface area contributed by atoms with E-state index in [0.29, 0.717) is 23.7 Å². The predicted octanol–water partition coefficient (Wildman–Crippen LogP) is 6.16. The highest BCUT2D eigenvalue weighted by atomic mass is 31.2. The molecule has 3 aromatic carbocycles. The lowest BCUT2D eigenvalue weighted by molar-refractivity contribution is 0.294. The van der Waals surface area contributed by atoms with E-state index < -0.39 is 7.82 Å². The van der Waals surface area contributed by atoms with Gasteiger partial charge < -0.3 is 13.6 Å². The van der Waals surface area contributed by atoms with Crippen LogP contribution in [0.2, 0.25) is 0 Å². The van der Waals surface area contributed by atoms with Crippen LogP contribution in [0.1, 0.15) is 27.8 Å². The van der Waals surface area contributed by atoms with E-state index in [-0.39, 0.29) is 0 Å². The number of hydrogen-bond donors (Lipinski definition) is 0. The maximum Gasteiger partial charge on any atom is 0.647 e. The van der Waals surface area contributed by atoms with Crippen molar-refractivity contribution in [2.75, 3.05) is 0 Å². The molecule has 0 bridgehead atoms. The predicted molar refractivity (Wildman–Crippen MR) is 106 cm³/mol. The van der Waals surface area contributed by atoms with Crippen molar-refractivity contribution in [2.24, 2.45) is 0 Å². The van der Waals surface area contributed by atoms with Crippen molar-refractivity contribution in [3.8, 4) is 17.2 Å². The molecular weight excluding hydrogens is 359 g/mol. The summed E-state index contributed by atoms with van der Waals surface area (Å²) in [6, 6.07) is 18.9. The summed E-state index contributed by atoms with van der Waals surface area (Å²) < 4.78 is 30.9. The summed E-state index contributed by atoms with van der Waals surface area (Å²) in [5.41, 5.74) is 5.14. The van der Waals surface area contributed by atoms with Gasteiger partial charge in [-0.1, -0.05) is 47.5 Å². The Bertz CT molecular complexity index is 1000. The minimum absolute atomic E-state index is 0.446. The highest BCUT2D eigenvalue weighted by Gasteiger charge is 2.36. The Morgan fingerprint density at radius 1 is 0.778 bits per heavy atom. The molecule has 3 aromatic rings. The van der Waals surface area contributed by atoms with Crippen LogP contribution in [0.5, 0.6) is 17.2 Å². The van der Waals surface area contributed by atoms with Crippen LogP contribution in [-0.4, -0.2) is 0 Å². The number of rotatable bonds is 2. The molecule has 4 nitrogen and oxygen atoms in total. The van der Waals surface area contributed by atoms with Gasteiger partial charge in [-0.25, -0.2) is 0 Å². The van der Waals surface area contributed by atoms with Gasteiger partial charge in [-0.15, -0.1) is 0 Å². The third-order valence-electron chi connectivity index (χ3n) is 4.44. The topological polar surface area (TPSA) is 44.8 Å². The van der Waals surface area contributed by atoms with Crippen molar-refractivity contribution in [1.29, 1.82) is 0 Å². The van der Waals surface area contributed by atoms with Crippen molar-refractivity contribution < 1.29 is 18.1 Å². The maximum absolute atomic E-state index is 13.5. The number of benzene rings is 3. The van der Waals surface area contributed by atoms with Gasteiger partial charge in [0.1, 0.15) is 17.2 Å². The van der Waals surface area contributed by atoms with Crippen LogP contribution in [-0.2, 0) is 11.0 Å². The van der Waals surface area contributed by atoms with E-state index >= 15 is 0 Å². The number of phosphoric acid groups is 1. The van der Waals surface area contributed by atoms with Gasteiger partial charge in [0, 0.05) is 6.42 Å². The lowest BCUT2D eigenvalue weighted by Crippen LogP contribution is -2.12. The highest BCUT2D eigenvalue weighted by molar-refractivity contribution is 7.49. The first-order valence-corrected chi connectivity index (χ1v) is 10.3. The van der Waals surface area contributed by atoms with Crippen LogP contribution >= 0.6 is 7.82 Å². The molecule has 0 atom stereocenters. The van der Waals surface area contributed by atoms with Crippen LogP contribution in [0.3, 0.4) is 0 Å². The summed E-state index contributed by atoms with van der Waals surface area (Å²) in [6.45, 7) is 5.99. The van der Waals surface area contributed by atoms with E-state index in [4.69, 9.17) is 13.6 Å². The minimum atomic E-state index is -3.92. The minimum Gasteiger partial charge on any atom is -0.386 e. The Kier molecular flexibility index (Phi) is 4.45. The molecule has 5 heteroatoms. The second-order valence-electron chi connectivity index (χ2n) is 6.94. The molecule has 4 rings (SSSR count). The molecule has 0 amide bonds. The molecule has 0 N–H and O–H groups in total. The third-order valence-corrected chi connectivity index (χ3v) is 5.71. The molecule has 1 heterocycles. The largest absolute Gasteiger partial charge is 0.647 e. The molecule has 1 aliphatic heterocycles. The van der Waals surface area contributed by atoms with Gasteiger partial charge in [0.2, 0.25) is 0 Å². The summed E-state index contributed by atoms with van der Waals surface area (Å²) >= 11 is 0.